The molecule has 2 rings (SSSR count). The van der Waals surface area contributed by atoms with Gasteiger partial charge in [0.15, 0.2) is 0 Å². The number of methoxy groups -OCH3 is 1. The zero-order valence-electron chi connectivity index (χ0n) is 14.1. The second-order valence-corrected chi connectivity index (χ2v) is 5.58. The summed E-state index contributed by atoms with van der Waals surface area (Å²) in [6.45, 7) is 0.974. The number of carboxylic acids is 1. The molecule has 0 aliphatic heterocycles. The summed E-state index contributed by atoms with van der Waals surface area (Å²) in [5, 5.41) is 23.4. The van der Waals surface area contributed by atoms with Crippen LogP contribution < -0.4 is 5.56 Å². The van der Waals surface area contributed by atoms with Crippen molar-refractivity contribution in [3.05, 3.63) is 45.6 Å². The molecule has 0 bridgehead atoms. The van der Waals surface area contributed by atoms with Gasteiger partial charge in [0, 0.05) is 30.6 Å². The number of pyridine rings is 1. The summed E-state index contributed by atoms with van der Waals surface area (Å²) in [4.78, 5) is 35.7. The maximum atomic E-state index is 12.8. The van der Waals surface area contributed by atoms with Gasteiger partial charge in [0.1, 0.15) is 12.3 Å². The van der Waals surface area contributed by atoms with Gasteiger partial charge in [-0.25, -0.2) is 0 Å². The Morgan fingerprint density at radius 1 is 1.40 bits per heavy atom. The van der Waals surface area contributed by atoms with E-state index in [-0.39, 0.29) is 17.7 Å². The number of hydrogen-bond acceptors (Lipinski definition) is 6. The molecule has 2 aromatic rings. The van der Waals surface area contributed by atoms with Crippen molar-refractivity contribution in [3.8, 4) is 5.75 Å². The molecule has 0 saturated heterocycles. The number of ether oxygens (including phenoxy) is 1. The van der Waals surface area contributed by atoms with Gasteiger partial charge in [-0.15, -0.1) is 0 Å². The molecular weight excluding hydrogens is 330 g/mol. The van der Waals surface area contributed by atoms with Crippen LogP contribution >= 0.6 is 0 Å². The van der Waals surface area contributed by atoms with Crippen LogP contribution in [0.5, 0.6) is 5.75 Å². The molecule has 0 fully saturated rings. The Labute approximate surface area is 143 Å². The van der Waals surface area contributed by atoms with Crippen molar-refractivity contribution in [1.82, 2.24) is 14.3 Å². The minimum absolute atomic E-state index is 0.0687. The van der Waals surface area contributed by atoms with Gasteiger partial charge in [0.2, 0.25) is 0 Å². The topological polar surface area (TPSA) is 124 Å². The van der Waals surface area contributed by atoms with Crippen LogP contribution in [0.1, 0.15) is 29.3 Å². The fraction of sp³-hybridized carbons (Fsp3) is 0.375. The zero-order valence-corrected chi connectivity index (χ0v) is 14.1. The molecule has 2 aromatic heterocycles. The Morgan fingerprint density at radius 2 is 2.08 bits per heavy atom. The van der Waals surface area contributed by atoms with E-state index in [4.69, 9.17) is 5.11 Å². The predicted molar refractivity (Wildman–Crippen MR) is 86.4 cm³/mol. The lowest BCUT2D eigenvalue weighted by atomic mass is 9.92. The van der Waals surface area contributed by atoms with Gasteiger partial charge >= 0.3 is 11.9 Å². The predicted octanol–water partition coefficient (Wildman–Crippen LogP) is 0.375. The van der Waals surface area contributed by atoms with Gasteiger partial charge < -0.3 is 19.5 Å². The van der Waals surface area contributed by atoms with Gasteiger partial charge in [-0.2, -0.15) is 5.10 Å². The largest absolute Gasteiger partial charge is 0.507 e. The molecule has 9 heteroatoms. The van der Waals surface area contributed by atoms with Gasteiger partial charge in [0.05, 0.1) is 19.1 Å². The number of hydrogen-bond donors (Lipinski definition) is 2. The highest BCUT2D eigenvalue weighted by atomic mass is 16.5. The van der Waals surface area contributed by atoms with E-state index in [2.05, 4.69) is 9.84 Å². The molecule has 0 aliphatic carbocycles. The van der Waals surface area contributed by atoms with Crippen LogP contribution in [0.4, 0.5) is 0 Å². The molecule has 0 aromatic carbocycles. The maximum Gasteiger partial charge on any atom is 0.323 e. The summed E-state index contributed by atoms with van der Waals surface area (Å²) >= 11 is 0. The molecule has 0 unspecified atom stereocenters. The van der Waals surface area contributed by atoms with Gasteiger partial charge in [0.25, 0.3) is 5.56 Å². The van der Waals surface area contributed by atoms with Crippen molar-refractivity contribution in [2.45, 2.75) is 25.8 Å². The molecule has 1 atom stereocenters. The molecule has 0 saturated carbocycles. The Kier molecular flexibility index (Phi) is 5.26. The normalized spacial score (nSPS) is 12.0. The van der Waals surface area contributed by atoms with Gasteiger partial charge in [-0.1, -0.05) is 0 Å². The first kappa shape index (κ1) is 18.2. The molecule has 134 valence electrons. The van der Waals surface area contributed by atoms with Crippen molar-refractivity contribution >= 4 is 11.9 Å². The van der Waals surface area contributed by atoms with Crippen molar-refractivity contribution in [1.29, 1.82) is 0 Å². The highest BCUT2D eigenvalue weighted by Gasteiger charge is 2.28. The van der Waals surface area contributed by atoms with E-state index >= 15 is 0 Å². The molecule has 0 radical (unpaired) electrons. The fourth-order valence-electron chi connectivity index (χ4n) is 2.76. The first-order valence-corrected chi connectivity index (χ1v) is 7.46. The van der Waals surface area contributed by atoms with Crippen LogP contribution in [-0.2, 0) is 27.9 Å². The van der Waals surface area contributed by atoms with E-state index in [0.717, 1.165) is 4.57 Å². The second kappa shape index (κ2) is 7.20. The molecule has 0 aliphatic rings. The maximum absolute atomic E-state index is 12.8. The number of aromatic nitrogens is 3. The highest BCUT2D eigenvalue weighted by molar-refractivity contribution is 5.71. The van der Waals surface area contributed by atoms with Crippen LogP contribution in [-0.4, -0.2) is 43.6 Å². The van der Waals surface area contributed by atoms with Crippen molar-refractivity contribution < 1.29 is 24.5 Å². The number of aliphatic carboxylic acids is 1. The molecule has 25 heavy (non-hydrogen) atoms. The number of carbonyl (C=O) groups is 2. The van der Waals surface area contributed by atoms with Crippen LogP contribution in [0.2, 0.25) is 0 Å². The van der Waals surface area contributed by atoms with E-state index in [1.165, 1.54) is 31.0 Å². The van der Waals surface area contributed by atoms with Gasteiger partial charge in [-0.3, -0.25) is 19.1 Å². The first-order chi connectivity index (χ1) is 11.8. The lowest BCUT2D eigenvalue weighted by Gasteiger charge is -2.19. The third-order valence-corrected chi connectivity index (χ3v) is 3.98. The average Bonchev–Trinajstić information content (AvgIpc) is 2.95. The number of esters is 1. The minimum Gasteiger partial charge on any atom is -0.507 e. The standard InChI is InChI=1S/C16H19N3O6/c1-9-6-12(20)15(16(24)19(9)8-13(21)22)10(7-14(23)25-3)11-4-5-17-18(11)2/h4-6,10,20H,7-8H2,1-3H3,(H,21,22)/t10-/m0/s1. The number of carboxylic acid groups (broad SMARTS) is 1. The summed E-state index contributed by atoms with van der Waals surface area (Å²) in [5.74, 6) is -2.89. The number of aryl methyl sites for hydroxylation is 2. The Hall–Kier alpha value is -3.10. The number of rotatable bonds is 6. The van der Waals surface area contributed by atoms with E-state index in [1.807, 2.05) is 0 Å². The summed E-state index contributed by atoms with van der Waals surface area (Å²) < 4.78 is 7.20. The monoisotopic (exact) mass is 349 g/mol. The van der Waals surface area contributed by atoms with Gasteiger partial charge in [-0.05, 0) is 19.1 Å². The molecule has 0 spiro atoms. The van der Waals surface area contributed by atoms with Crippen LogP contribution in [0.25, 0.3) is 0 Å². The summed E-state index contributed by atoms with van der Waals surface area (Å²) in [7, 11) is 2.86. The molecule has 9 nitrogen and oxygen atoms in total. The third kappa shape index (κ3) is 3.70. The van der Waals surface area contributed by atoms with E-state index in [1.54, 1.807) is 13.1 Å². The summed E-state index contributed by atoms with van der Waals surface area (Å²) in [5.41, 5.74) is 0.0786. The molecule has 2 heterocycles. The number of aromatic hydroxyl groups is 1. The Bertz CT molecular complexity index is 867. The van der Waals surface area contributed by atoms with Crippen molar-refractivity contribution in [2.24, 2.45) is 7.05 Å². The summed E-state index contributed by atoms with van der Waals surface area (Å²) in [6, 6.07) is 2.92. The number of carbonyl (C=O) groups excluding carboxylic acids is 1. The van der Waals surface area contributed by atoms with Crippen molar-refractivity contribution in [3.63, 3.8) is 0 Å². The smallest absolute Gasteiger partial charge is 0.323 e. The lowest BCUT2D eigenvalue weighted by molar-refractivity contribution is -0.141. The molecule has 0 amide bonds. The van der Waals surface area contributed by atoms with Crippen LogP contribution in [0.3, 0.4) is 0 Å². The SMILES string of the molecule is COC(=O)C[C@H](c1c(O)cc(C)n(CC(=O)O)c1=O)c1ccnn1C. The van der Waals surface area contributed by atoms with Crippen LogP contribution in [0, 0.1) is 6.92 Å². The molecule has 2 N–H and O–H groups in total. The summed E-state index contributed by atoms with van der Waals surface area (Å²) in [6.07, 6.45) is 1.30. The van der Waals surface area contributed by atoms with Crippen molar-refractivity contribution in [2.75, 3.05) is 7.11 Å². The first-order valence-electron chi connectivity index (χ1n) is 7.46. The quantitative estimate of drug-likeness (QED) is 0.722. The average molecular weight is 349 g/mol. The highest BCUT2D eigenvalue weighted by Crippen LogP contribution is 2.32. The Morgan fingerprint density at radius 3 is 2.60 bits per heavy atom. The Balaban J connectivity index is 2.68. The van der Waals surface area contributed by atoms with Crippen LogP contribution in [0.15, 0.2) is 23.1 Å². The van der Waals surface area contributed by atoms with E-state index < -0.39 is 30.0 Å². The second-order valence-electron chi connectivity index (χ2n) is 5.58. The molecular formula is C16H19N3O6. The number of nitrogens with zero attached hydrogens (tertiary/aromatic N) is 3. The third-order valence-electron chi connectivity index (χ3n) is 3.98. The minimum atomic E-state index is -1.19. The fourth-order valence-corrected chi connectivity index (χ4v) is 2.76. The van der Waals surface area contributed by atoms with E-state index in [9.17, 15) is 19.5 Å². The lowest BCUT2D eigenvalue weighted by Crippen LogP contribution is -2.31. The zero-order chi connectivity index (χ0) is 18.7. The van der Waals surface area contributed by atoms with E-state index in [0.29, 0.717) is 11.4 Å².